The van der Waals surface area contributed by atoms with Crippen molar-refractivity contribution in [2.45, 2.75) is 84.4 Å². The Morgan fingerprint density at radius 1 is 1.17 bits per heavy atom. The molecule has 0 saturated heterocycles. The molecule has 1 aromatic carbocycles. The zero-order chi connectivity index (χ0) is 26.1. The molecule has 1 fully saturated rings. The van der Waals surface area contributed by atoms with Gasteiger partial charge in [-0.2, -0.15) is 0 Å². The van der Waals surface area contributed by atoms with Crippen molar-refractivity contribution in [3.8, 4) is 0 Å². The molecule has 3 aromatic rings. The molecular formula is C29H37ClN4O2. The van der Waals surface area contributed by atoms with Crippen molar-refractivity contribution in [3.63, 3.8) is 0 Å². The Morgan fingerprint density at radius 2 is 1.83 bits per heavy atom. The van der Waals surface area contributed by atoms with Crippen LogP contribution in [0.25, 0.3) is 11.0 Å². The van der Waals surface area contributed by atoms with Crippen LogP contribution in [0.2, 0.25) is 5.02 Å². The monoisotopic (exact) mass is 508 g/mol. The molecule has 6 nitrogen and oxygen atoms in total. The number of nitrogens with one attached hydrogen (secondary N) is 2. The number of H-pyrrole nitrogens is 1. The van der Waals surface area contributed by atoms with Crippen LogP contribution >= 0.6 is 11.6 Å². The standard InChI is InChI=1S/C29H37ClN4O2/c1-6-29(24(31)23-21-12-17-32-25(21)33-18-22(23)30)15-13-28(5,14-16-29)34(26(35)36-27(2,3)4)19-20-10-8-7-9-11-20/h7-12,17-18,31H,6,13-16,19H2,1-5H3,(H,32,33). The molecule has 0 aliphatic heterocycles. The molecule has 0 radical (unpaired) electrons. The quantitative estimate of drug-likeness (QED) is 0.334. The van der Waals surface area contributed by atoms with Gasteiger partial charge < -0.3 is 15.1 Å². The van der Waals surface area contributed by atoms with Crippen molar-refractivity contribution in [1.82, 2.24) is 14.9 Å². The molecule has 4 rings (SSSR count). The second kappa shape index (κ2) is 9.89. The van der Waals surface area contributed by atoms with Gasteiger partial charge >= 0.3 is 6.09 Å². The van der Waals surface area contributed by atoms with Gasteiger partial charge in [0, 0.05) is 46.6 Å². The maximum atomic E-state index is 13.4. The van der Waals surface area contributed by atoms with E-state index >= 15 is 0 Å². The molecule has 7 heteroatoms. The van der Waals surface area contributed by atoms with Crippen LogP contribution in [0.3, 0.4) is 0 Å². The van der Waals surface area contributed by atoms with Crippen LogP contribution in [-0.4, -0.2) is 37.8 Å². The van der Waals surface area contributed by atoms with E-state index in [4.69, 9.17) is 16.3 Å². The molecule has 0 spiro atoms. The van der Waals surface area contributed by atoms with Crippen LogP contribution in [0.1, 0.15) is 77.8 Å². The summed E-state index contributed by atoms with van der Waals surface area (Å²) < 4.78 is 5.86. The van der Waals surface area contributed by atoms with Crippen LogP contribution in [0.4, 0.5) is 4.79 Å². The number of carbonyl (C=O) groups excluding carboxylic acids is 1. The van der Waals surface area contributed by atoms with Crippen molar-refractivity contribution in [3.05, 3.63) is 64.9 Å². The van der Waals surface area contributed by atoms with Gasteiger partial charge in [-0.25, -0.2) is 9.78 Å². The van der Waals surface area contributed by atoms with E-state index in [0.717, 1.165) is 54.3 Å². The Morgan fingerprint density at radius 3 is 2.44 bits per heavy atom. The maximum absolute atomic E-state index is 13.4. The first-order chi connectivity index (χ1) is 17.0. The summed E-state index contributed by atoms with van der Waals surface area (Å²) in [7, 11) is 0. The van der Waals surface area contributed by atoms with Crippen LogP contribution < -0.4 is 0 Å². The van der Waals surface area contributed by atoms with E-state index in [0.29, 0.717) is 17.3 Å². The summed E-state index contributed by atoms with van der Waals surface area (Å²) in [5, 5.41) is 10.7. The minimum Gasteiger partial charge on any atom is -0.444 e. The summed E-state index contributed by atoms with van der Waals surface area (Å²) in [5.41, 5.74) is 1.86. The number of aromatic nitrogens is 2. The van der Waals surface area contributed by atoms with Crippen molar-refractivity contribution in [2.24, 2.45) is 5.41 Å². The number of ether oxygens (including phenoxy) is 1. The Hall–Kier alpha value is -2.86. The molecule has 2 N–H and O–H groups in total. The van der Waals surface area contributed by atoms with E-state index < -0.39 is 5.60 Å². The Labute approximate surface area is 218 Å². The number of aromatic amines is 1. The predicted octanol–water partition coefficient (Wildman–Crippen LogP) is 7.75. The van der Waals surface area contributed by atoms with Gasteiger partial charge in [0.15, 0.2) is 0 Å². The van der Waals surface area contributed by atoms with Gasteiger partial charge in [0.2, 0.25) is 0 Å². The van der Waals surface area contributed by atoms with Crippen molar-refractivity contribution in [2.75, 3.05) is 0 Å². The number of rotatable bonds is 6. The molecule has 1 saturated carbocycles. The molecule has 0 atom stereocenters. The van der Waals surface area contributed by atoms with Gasteiger partial charge in [0.25, 0.3) is 0 Å². The molecule has 1 aliphatic rings. The predicted molar refractivity (Wildman–Crippen MR) is 146 cm³/mol. The molecule has 1 amide bonds. The highest BCUT2D eigenvalue weighted by molar-refractivity contribution is 6.36. The fourth-order valence-corrected chi connectivity index (χ4v) is 5.62. The van der Waals surface area contributed by atoms with E-state index in [2.05, 4.69) is 23.8 Å². The average Bonchev–Trinajstić information content (AvgIpc) is 3.31. The number of halogens is 1. The van der Waals surface area contributed by atoms with Gasteiger partial charge in [-0.1, -0.05) is 48.9 Å². The van der Waals surface area contributed by atoms with Crippen molar-refractivity contribution < 1.29 is 9.53 Å². The third-order valence-corrected chi connectivity index (χ3v) is 8.02. The number of fused-ring (bicyclic) bond motifs is 1. The molecule has 0 unspecified atom stereocenters. The van der Waals surface area contributed by atoms with Gasteiger partial charge in [-0.15, -0.1) is 0 Å². The molecule has 0 bridgehead atoms. The highest BCUT2D eigenvalue weighted by atomic mass is 35.5. The van der Waals surface area contributed by atoms with Crippen LogP contribution in [0.15, 0.2) is 48.8 Å². The van der Waals surface area contributed by atoms with Gasteiger partial charge in [-0.3, -0.25) is 4.90 Å². The number of hydrogen-bond acceptors (Lipinski definition) is 4. The number of hydrogen-bond donors (Lipinski definition) is 2. The van der Waals surface area contributed by atoms with Gasteiger partial charge in [-0.05, 0) is 71.4 Å². The lowest BCUT2D eigenvalue weighted by Gasteiger charge is -2.50. The van der Waals surface area contributed by atoms with Crippen LogP contribution in [0, 0.1) is 10.8 Å². The third kappa shape index (κ3) is 5.15. The summed E-state index contributed by atoms with van der Waals surface area (Å²) >= 11 is 6.61. The fraction of sp³-hybridized carbons (Fsp3) is 0.483. The Bertz CT molecular complexity index is 1240. The van der Waals surface area contributed by atoms with E-state index in [-0.39, 0.29) is 17.0 Å². The third-order valence-electron chi connectivity index (χ3n) is 7.73. The number of benzene rings is 1. The minimum absolute atomic E-state index is 0.292. The molecule has 1 aliphatic carbocycles. The second-order valence-corrected chi connectivity index (χ2v) is 11.7. The first-order valence-corrected chi connectivity index (χ1v) is 13.1. The SMILES string of the molecule is CCC1(C(=N)c2c(Cl)cnc3[nH]ccc23)CCC(C)(N(Cc2ccccc2)C(=O)OC(C)(C)C)CC1. The molecule has 2 heterocycles. The minimum atomic E-state index is -0.577. The number of pyridine rings is 1. The Kier molecular flexibility index (Phi) is 7.20. The lowest BCUT2D eigenvalue weighted by molar-refractivity contribution is -0.0192. The zero-order valence-electron chi connectivity index (χ0n) is 22.0. The highest BCUT2D eigenvalue weighted by Crippen LogP contribution is 2.49. The second-order valence-electron chi connectivity index (χ2n) is 11.3. The van der Waals surface area contributed by atoms with Crippen LogP contribution in [-0.2, 0) is 11.3 Å². The summed E-state index contributed by atoms with van der Waals surface area (Å²) in [4.78, 5) is 22.9. The fourth-order valence-electron chi connectivity index (χ4n) is 5.38. The molecule has 36 heavy (non-hydrogen) atoms. The van der Waals surface area contributed by atoms with Crippen molar-refractivity contribution >= 4 is 34.4 Å². The number of nitrogens with zero attached hydrogens (tertiary/aromatic N) is 2. The number of carbonyl (C=O) groups is 1. The molecule has 192 valence electrons. The smallest absolute Gasteiger partial charge is 0.411 e. The first kappa shape index (κ1) is 26.2. The highest BCUT2D eigenvalue weighted by Gasteiger charge is 2.47. The molecular weight excluding hydrogens is 472 g/mol. The zero-order valence-corrected chi connectivity index (χ0v) is 22.7. The largest absolute Gasteiger partial charge is 0.444 e. The van der Waals surface area contributed by atoms with E-state index in [1.165, 1.54) is 0 Å². The van der Waals surface area contributed by atoms with E-state index in [1.807, 2.05) is 68.3 Å². The Balaban J connectivity index is 1.62. The topological polar surface area (TPSA) is 82.1 Å². The molecule has 2 aromatic heterocycles. The van der Waals surface area contributed by atoms with Gasteiger partial charge in [0.1, 0.15) is 11.2 Å². The van der Waals surface area contributed by atoms with E-state index in [9.17, 15) is 10.2 Å². The normalized spacial score (nSPS) is 22.4. The van der Waals surface area contributed by atoms with Crippen molar-refractivity contribution in [1.29, 1.82) is 5.41 Å². The summed E-state index contributed by atoms with van der Waals surface area (Å²) in [6, 6.07) is 12.0. The number of amides is 1. The lowest BCUT2D eigenvalue weighted by atomic mass is 9.62. The lowest BCUT2D eigenvalue weighted by Crippen LogP contribution is -2.54. The first-order valence-electron chi connectivity index (χ1n) is 12.7. The maximum Gasteiger partial charge on any atom is 0.411 e. The summed E-state index contributed by atoms with van der Waals surface area (Å²) in [5.74, 6) is 0. The summed E-state index contributed by atoms with van der Waals surface area (Å²) in [6.45, 7) is 10.5. The average molecular weight is 509 g/mol. The summed E-state index contributed by atoms with van der Waals surface area (Å²) in [6.07, 6.45) is 7.13. The van der Waals surface area contributed by atoms with Gasteiger partial charge in [0.05, 0.1) is 5.02 Å². The van der Waals surface area contributed by atoms with E-state index in [1.54, 1.807) is 6.20 Å². The van der Waals surface area contributed by atoms with Crippen LogP contribution in [0.5, 0.6) is 0 Å².